The normalized spacial score (nSPS) is 12.2. The molecule has 0 aliphatic heterocycles. The van der Waals surface area contributed by atoms with Crippen molar-refractivity contribution in [3.8, 4) is 0 Å². The number of carbonyl (C=O) groups excluding carboxylic acids is 1. The monoisotopic (exact) mass is 368 g/mol. The second kappa shape index (κ2) is 7.42. The molecule has 0 aliphatic carbocycles. The van der Waals surface area contributed by atoms with Gasteiger partial charge in [-0.25, -0.2) is 0 Å². The Bertz CT molecular complexity index is 787. The van der Waals surface area contributed by atoms with Crippen LogP contribution in [0, 0.1) is 10.8 Å². The number of aryl methyl sites for hydroxylation is 1. The van der Waals surface area contributed by atoms with E-state index >= 15 is 0 Å². The van der Waals surface area contributed by atoms with Crippen molar-refractivity contribution in [3.05, 3.63) is 35.0 Å². The molecule has 1 unspecified atom stereocenters. The lowest BCUT2D eigenvalue weighted by molar-refractivity contribution is 0.0942. The molecular weight excluding hydrogens is 352 g/mol. The molecule has 23 heavy (non-hydrogen) atoms. The fraction of sp³-hybridized carbons (Fsp3) is 0.267. The van der Waals surface area contributed by atoms with E-state index in [2.05, 4.69) is 5.32 Å². The summed E-state index contributed by atoms with van der Waals surface area (Å²) in [5.41, 5.74) is 1.38. The molecular formula is C15H17ClN4OS2. The summed E-state index contributed by atoms with van der Waals surface area (Å²) in [5, 5.41) is 20.1. The van der Waals surface area contributed by atoms with Crippen LogP contribution in [0.1, 0.15) is 17.4 Å². The molecule has 0 saturated heterocycles. The van der Waals surface area contributed by atoms with E-state index < -0.39 is 6.04 Å². The summed E-state index contributed by atoms with van der Waals surface area (Å²) in [5.74, 6) is -0.256. The largest absolute Gasteiger partial charge is 0.342 e. The molecule has 0 bridgehead atoms. The van der Waals surface area contributed by atoms with E-state index in [1.165, 1.54) is 11.8 Å². The smallest absolute Gasteiger partial charge is 0.268 e. The predicted molar refractivity (Wildman–Crippen MR) is 101 cm³/mol. The third-order valence-electron chi connectivity index (χ3n) is 3.37. The van der Waals surface area contributed by atoms with Gasteiger partial charge in [0.15, 0.2) is 0 Å². The van der Waals surface area contributed by atoms with Crippen LogP contribution in [0.4, 0.5) is 0 Å². The van der Waals surface area contributed by atoms with Crippen LogP contribution in [0.2, 0.25) is 5.02 Å². The second-order valence-corrected chi connectivity index (χ2v) is 7.51. The molecule has 5 nitrogen and oxygen atoms in total. The Balaban J connectivity index is 2.16. The Morgan fingerprint density at radius 1 is 1.35 bits per heavy atom. The van der Waals surface area contributed by atoms with Crippen LogP contribution in [0.25, 0.3) is 10.9 Å². The van der Waals surface area contributed by atoms with E-state index in [4.69, 9.17) is 22.4 Å². The molecule has 1 aromatic carbocycles. The molecule has 122 valence electrons. The van der Waals surface area contributed by atoms with Crippen LogP contribution >= 0.6 is 35.1 Å². The lowest BCUT2D eigenvalue weighted by atomic mass is 10.2. The van der Waals surface area contributed by atoms with Crippen molar-refractivity contribution in [2.45, 2.75) is 13.0 Å². The number of carbonyl (C=O) groups is 1. The zero-order chi connectivity index (χ0) is 17.1. The summed E-state index contributed by atoms with van der Waals surface area (Å²) in [6.45, 7) is 1.74. The van der Waals surface area contributed by atoms with Gasteiger partial charge >= 0.3 is 0 Å². The molecule has 2 rings (SSSR count). The van der Waals surface area contributed by atoms with Crippen molar-refractivity contribution >= 4 is 61.4 Å². The maximum atomic E-state index is 12.5. The summed E-state index contributed by atoms with van der Waals surface area (Å²) in [7, 11) is 1.81. The third-order valence-corrected chi connectivity index (χ3v) is 5.48. The molecule has 0 fully saturated rings. The minimum Gasteiger partial charge on any atom is -0.342 e. The first-order valence-corrected chi connectivity index (χ1v) is 9.20. The molecule has 8 heteroatoms. The fourth-order valence-corrected chi connectivity index (χ4v) is 3.29. The number of thioether (sulfide) groups is 2. The quantitative estimate of drug-likeness (QED) is 0.566. The Kier molecular flexibility index (Phi) is 5.78. The first-order chi connectivity index (χ1) is 10.8. The van der Waals surface area contributed by atoms with Crippen molar-refractivity contribution in [1.29, 1.82) is 10.8 Å². The molecule has 1 atom stereocenters. The van der Waals surface area contributed by atoms with Crippen LogP contribution in [-0.2, 0) is 7.05 Å². The van der Waals surface area contributed by atoms with Gasteiger partial charge in [-0.3, -0.25) is 15.6 Å². The Hall–Kier alpha value is -1.44. The minimum absolute atomic E-state index is 0.236. The SMILES string of the molecule is CSC(=N)SC(=N)C(C)NC(=O)c1cc2ccc(Cl)cc2n1C. The molecule has 1 amide bonds. The summed E-state index contributed by atoms with van der Waals surface area (Å²) >= 11 is 8.32. The van der Waals surface area contributed by atoms with E-state index in [1.807, 2.05) is 19.2 Å². The minimum atomic E-state index is -0.457. The number of aromatic nitrogens is 1. The maximum absolute atomic E-state index is 12.5. The van der Waals surface area contributed by atoms with Crippen molar-refractivity contribution < 1.29 is 4.79 Å². The van der Waals surface area contributed by atoms with E-state index in [1.54, 1.807) is 29.9 Å². The molecule has 0 spiro atoms. The molecule has 0 saturated carbocycles. The Labute approximate surface area is 148 Å². The van der Waals surface area contributed by atoms with Gasteiger partial charge in [0.2, 0.25) is 0 Å². The number of nitrogens with zero attached hydrogens (tertiary/aromatic N) is 1. The van der Waals surface area contributed by atoms with E-state index in [0.29, 0.717) is 15.1 Å². The van der Waals surface area contributed by atoms with Crippen LogP contribution < -0.4 is 5.32 Å². The van der Waals surface area contributed by atoms with Crippen LogP contribution in [0.15, 0.2) is 24.3 Å². The number of fused-ring (bicyclic) bond motifs is 1. The molecule has 0 aliphatic rings. The molecule has 2 aromatic rings. The van der Waals surface area contributed by atoms with Crippen molar-refractivity contribution in [2.75, 3.05) is 6.26 Å². The highest BCUT2D eigenvalue weighted by Gasteiger charge is 2.18. The highest BCUT2D eigenvalue weighted by atomic mass is 35.5. The molecule has 1 heterocycles. The first kappa shape index (κ1) is 17.9. The van der Waals surface area contributed by atoms with Gasteiger partial charge in [0, 0.05) is 23.0 Å². The second-order valence-electron chi connectivity index (χ2n) is 4.94. The fourth-order valence-electron chi connectivity index (χ4n) is 2.09. The number of halogens is 1. The van der Waals surface area contributed by atoms with Gasteiger partial charge in [0.25, 0.3) is 5.91 Å². The van der Waals surface area contributed by atoms with Gasteiger partial charge in [-0.05, 0) is 43.1 Å². The van der Waals surface area contributed by atoms with Gasteiger partial charge in [-0.15, -0.1) is 11.8 Å². The highest BCUT2D eigenvalue weighted by molar-refractivity contribution is 8.44. The number of hydrogen-bond acceptors (Lipinski definition) is 5. The average Bonchev–Trinajstić information content (AvgIpc) is 2.83. The standard InChI is InChI=1S/C15H17ClN4OS2/c1-8(13(17)23-15(18)22-3)19-14(21)12-6-9-4-5-10(16)7-11(9)20(12)2/h4-8,17-18H,1-3H3,(H,19,21). The number of hydrogen-bond donors (Lipinski definition) is 3. The van der Waals surface area contributed by atoms with Crippen LogP contribution in [0.3, 0.4) is 0 Å². The van der Waals surface area contributed by atoms with Crippen molar-refractivity contribution in [3.63, 3.8) is 0 Å². The van der Waals surface area contributed by atoms with Crippen molar-refractivity contribution in [2.24, 2.45) is 7.05 Å². The Morgan fingerprint density at radius 2 is 2.04 bits per heavy atom. The predicted octanol–water partition coefficient (Wildman–Crippen LogP) is 3.96. The number of benzene rings is 1. The topological polar surface area (TPSA) is 81.7 Å². The van der Waals surface area contributed by atoms with Crippen molar-refractivity contribution in [1.82, 2.24) is 9.88 Å². The zero-order valence-electron chi connectivity index (χ0n) is 12.9. The van der Waals surface area contributed by atoms with Crippen LogP contribution in [-0.4, -0.2) is 32.2 Å². The van der Waals surface area contributed by atoms with E-state index in [9.17, 15) is 4.79 Å². The Morgan fingerprint density at radius 3 is 2.70 bits per heavy atom. The lowest BCUT2D eigenvalue weighted by Crippen LogP contribution is -2.38. The summed E-state index contributed by atoms with van der Waals surface area (Å²) in [6, 6.07) is 6.81. The van der Waals surface area contributed by atoms with E-state index in [0.717, 1.165) is 22.7 Å². The zero-order valence-corrected chi connectivity index (χ0v) is 15.3. The van der Waals surface area contributed by atoms with Gasteiger partial charge in [0.05, 0.1) is 11.1 Å². The molecule has 1 aromatic heterocycles. The highest BCUT2D eigenvalue weighted by Crippen LogP contribution is 2.23. The molecule has 0 radical (unpaired) electrons. The van der Waals surface area contributed by atoms with E-state index in [-0.39, 0.29) is 11.0 Å². The van der Waals surface area contributed by atoms with Gasteiger partial charge < -0.3 is 9.88 Å². The molecule has 3 N–H and O–H groups in total. The van der Waals surface area contributed by atoms with Crippen LogP contribution in [0.5, 0.6) is 0 Å². The third kappa shape index (κ3) is 4.10. The number of nitrogens with one attached hydrogen (secondary N) is 3. The maximum Gasteiger partial charge on any atom is 0.268 e. The summed E-state index contributed by atoms with van der Waals surface area (Å²) in [6.07, 6.45) is 1.78. The lowest BCUT2D eigenvalue weighted by Gasteiger charge is -2.15. The van der Waals surface area contributed by atoms with Gasteiger partial charge in [-0.1, -0.05) is 17.7 Å². The van der Waals surface area contributed by atoms with Gasteiger partial charge in [0.1, 0.15) is 10.1 Å². The number of amides is 1. The van der Waals surface area contributed by atoms with Gasteiger partial charge in [-0.2, -0.15) is 0 Å². The summed E-state index contributed by atoms with van der Waals surface area (Å²) < 4.78 is 2.11. The first-order valence-electron chi connectivity index (χ1n) is 6.78. The number of rotatable bonds is 3. The summed E-state index contributed by atoms with van der Waals surface area (Å²) in [4.78, 5) is 12.5. The average molecular weight is 369 g/mol.